The van der Waals surface area contributed by atoms with E-state index in [2.05, 4.69) is 35.8 Å². The van der Waals surface area contributed by atoms with Gasteiger partial charge in [-0.1, -0.05) is 48.4 Å². The first-order valence-electron chi connectivity index (χ1n) is 10.5. The fourth-order valence-electron chi connectivity index (χ4n) is 3.18. The Morgan fingerprint density at radius 2 is 2.14 bits per heavy atom. The summed E-state index contributed by atoms with van der Waals surface area (Å²) in [6.45, 7) is 1.90. The summed E-state index contributed by atoms with van der Waals surface area (Å²) in [6, 6.07) is 11.3. The molecule has 0 bridgehead atoms. The molecule has 35 heavy (non-hydrogen) atoms. The van der Waals surface area contributed by atoms with Gasteiger partial charge in [-0.15, -0.1) is 5.10 Å². The first-order valence-corrected chi connectivity index (χ1v) is 10.9. The Labute approximate surface area is 203 Å². The van der Waals surface area contributed by atoms with Gasteiger partial charge in [0.2, 0.25) is 11.6 Å². The van der Waals surface area contributed by atoms with Crippen molar-refractivity contribution >= 4 is 29.5 Å². The molecular formula is C22H20ClFN8O3. The van der Waals surface area contributed by atoms with E-state index in [1.54, 1.807) is 30.3 Å². The van der Waals surface area contributed by atoms with Crippen molar-refractivity contribution in [1.29, 1.82) is 0 Å². The molecule has 180 valence electrons. The number of nitrogens with two attached hydrogens (primary N) is 1. The standard InChI is InChI=1S/C22H20ClFN8O3/c1-2-5-18-19(27-31-32(18)21-20(25)29-35-30-21)22(33)28-26-11-13-6-3-7-14(10-13)34-12-15-16(23)8-4-9-17(15)24/h3-4,6-11H,2,5,12H2,1H3,(H2,25,29)(H,28,33)/b26-11+. The van der Waals surface area contributed by atoms with Crippen molar-refractivity contribution in [1.82, 2.24) is 30.7 Å². The van der Waals surface area contributed by atoms with E-state index in [9.17, 15) is 9.18 Å². The Kier molecular flexibility index (Phi) is 7.31. The molecule has 0 spiro atoms. The van der Waals surface area contributed by atoms with Gasteiger partial charge in [-0.3, -0.25) is 4.79 Å². The molecule has 1 amide bonds. The number of benzene rings is 2. The van der Waals surface area contributed by atoms with Crippen LogP contribution in [0.25, 0.3) is 5.82 Å². The number of aromatic nitrogens is 5. The lowest BCUT2D eigenvalue weighted by molar-refractivity contribution is 0.0949. The molecule has 4 rings (SSSR count). The summed E-state index contributed by atoms with van der Waals surface area (Å²) in [5.74, 6) is -0.354. The summed E-state index contributed by atoms with van der Waals surface area (Å²) in [5.41, 5.74) is 9.63. The van der Waals surface area contributed by atoms with E-state index >= 15 is 0 Å². The van der Waals surface area contributed by atoms with Gasteiger partial charge in [0.25, 0.3) is 5.91 Å². The Balaban J connectivity index is 1.43. The van der Waals surface area contributed by atoms with Crippen molar-refractivity contribution in [3.8, 4) is 11.6 Å². The number of hydrogen-bond donors (Lipinski definition) is 2. The lowest BCUT2D eigenvalue weighted by atomic mass is 10.2. The van der Waals surface area contributed by atoms with Crippen molar-refractivity contribution in [2.24, 2.45) is 5.10 Å². The molecule has 13 heteroatoms. The first kappa shape index (κ1) is 23.8. The normalized spacial score (nSPS) is 11.2. The predicted octanol–water partition coefficient (Wildman–Crippen LogP) is 3.32. The smallest absolute Gasteiger partial charge is 0.293 e. The van der Waals surface area contributed by atoms with Crippen LogP contribution in [0.5, 0.6) is 5.75 Å². The molecule has 0 saturated carbocycles. The summed E-state index contributed by atoms with van der Waals surface area (Å²) in [6.07, 6.45) is 2.63. The van der Waals surface area contributed by atoms with Gasteiger partial charge in [-0.2, -0.15) is 9.78 Å². The Bertz CT molecular complexity index is 1350. The summed E-state index contributed by atoms with van der Waals surface area (Å²) >= 11 is 6.03. The van der Waals surface area contributed by atoms with Gasteiger partial charge in [0, 0.05) is 5.56 Å². The minimum absolute atomic E-state index is 0.0246. The van der Waals surface area contributed by atoms with E-state index in [4.69, 9.17) is 22.1 Å². The number of nitrogens with one attached hydrogen (secondary N) is 1. The highest BCUT2D eigenvalue weighted by Crippen LogP contribution is 2.22. The van der Waals surface area contributed by atoms with Crippen LogP contribution in [0.15, 0.2) is 52.2 Å². The number of nitrogen functional groups attached to an aromatic ring is 1. The Morgan fingerprint density at radius 3 is 2.89 bits per heavy atom. The maximum Gasteiger partial charge on any atom is 0.293 e. The van der Waals surface area contributed by atoms with Gasteiger partial charge in [-0.05, 0) is 46.6 Å². The van der Waals surface area contributed by atoms with Crippen LogP contribution in [0.2, 0.25) is 5.02 Å². The highest BCUT2D eigenvalue weighted by Gasteiger charge is 2.23. The summed E-state index contributed by atoms with van der Waals surface area (Å²) in [5, 5.41) is 19.4. The molecule has 0 saturated heterocycles. The Hall–Kier alpha value is -4.32. The zero-order chi connectivity index (χ0) is 24.8. The fourth-order valence-corrected chi connectivity index (χ4v) is 3.39. The number of amides is 1. The molecule has 2 heterocycles. The van der Waals surface area contributed by atoms with Gasteiger partial charge < -0.3 is 10.5 Å². The van der Waals surface area contributed by atoms with Crippen molar-refractivity contribution in [3.05, 3.63) is 75.8 Å². The molecule has 3 N–H and O–H groups in total. The molecule has 0 radical (unpaired) electrons. The number of nitrogens with zero attached hydrogens (tertiary/aromatic N) is 6. The van der Waals surface area contributed by atoms with Crippen LogP contribution in [0, 0.1) is 5.82 Å². The molecule has 4 aromatic rings. The van der Waals surface area contributed by atoms with Gasteiger partial charge in [0.15, 0.2) is 5.69 Å². The molecule has 0 aliphatic carbocycles. The summed E-state index contributed by atoms with van der Waals surface area (Å²) in [4.78, 5) is 12.7. The fraction of sp³-hybridized carbons (Fsp3) is 0.182. The second-order valence-corrected chi connectivity index (χ2v) is 7.69. The number of rotatable bonds is 9. The van der Waals surface area contributed by atoms with Crippen LogP contribution < -0.4 is 15.9 Å². The minimum atomic E-state index is -0.562. The average Bonchev–Trinajstić information content (AvgIpc) is 3.45. The van der Waals surface area contributed by atoms with Crippen LogP contribution in [0.1, 0.15) is 40.7 Å². The number of carbonyl (C=O) groups is 1. The van der Waals surface area contributed by atoms with E-state index in [0.717, 1.165) is 0 Å². The van der Waals surface area contributed by atoms with Crippen molar-refractivity contribution in [2.45, 2.75) is 26.4 Å². The lowest BCUT2D eigenvalue weighted by Crippen LogP contribution is -2.20. The third kappa shape index (κ3) is 5.44. The molecule has 0 aliphatic rings. The van der Waals surface area contributed by atoms with E-state index in [1.807, 2.05) is 6.92 Å². The molecule has 0 unspecified atom stereocenters. The number of ether oxygens (including phenoxy) is 1. The maximum absolute atomic E-state index is 13.9. The maximum atomic E-state index is 13.9. The average molecular weight is 499 g/mol. The molecular weight excluding hydrogens is 479 g/mol. The van der Waals surface area contributed by atoms with Crippen LogP contribution in [-0.4, -0.2) is 37.4 Å². The van der Waals surface area contributed by atoms with Crippen LogP contribution in [-0.2, 0) is 13.0 Å². The zero-order valence-electron chi connectivity index (χ0n) is 18.5. The molecule has 2 aromatic heterocycles. The SMILES string of the molecule is CCCc1c(C(=O)N/N=C/c2cccc(OCc3c(F)cccc3Cl)c2)nnn1-c1nonc1N. The number of anilines is 1. The van der Waals surface area contributed by atoms with Crippen molar-refractivity contribution in [3.63, 3.8) is 0 Å². The molecule has 11 nitrogen and oxygen atoms in total. The van der Waals surface area contributed by atoms with Crippen molar-refractivity contribution < 1.29 is 18.6 Å². The van der Waals surface area contributed by atoms with Crippen LogP contribution in [0.3, 0.4) is 0 Å². The molecule has 2 aromatic carbocycles. The lowest BCUT2D eigenvalue weighted by Gasteiger charge is -2.09. The minimum Gasteiger partial charge on any atom is -0.489 e. The monoisotopic (exact) mass is 498 g/mol. The summed E-state index contributed by atoms with van der Waals surface area (Å²) in [7, 11) is 0. The summed E-state index contributed by atoms with van der Waals surface area (Å²) < 4.78 is 25.5. The number of hydrogen-bond acceptors (Lipinski definition) is 9. The number of halogens is 2. The number of hydrazone groups is 1. The van der Waals surface area contributed by atoms with Gasteiger partial charge in [-0.25, -0.2) is 14.4 Å². The van der Waals surface area contributed by atoms with Gasteiger partial charge in [0.1, 0.15) is 18.2 Å². The van der Waals surface area contributed by atoms with Gasteiger partial charge >= 0.3 is 0 Å². The zero-order valence-corrected chi connectivity index (χ0v) is 19.2. The van der Waals surface area contributed by atoms with Crippen LogP contribution in [0.4, 0.5) is 10.2 Å². The molecule has 0 atom stereocenters. The van der Waals surface area contributed by atoms with E-state index in [0.29, 0.717) is 29.8 Å². The second kappa shape index (κ2) is 10.7. The third-order valence-electron chi connectivity index (χ3n) is 4.84. The van der Waals surface area contributed by atoms with E-state index in [-0.39, 0.29) is 34.5 Å². The highest BCUT2D eigenvalue weighted by atomic mass is 35.5. The highest BCUT2D eigenvalue weighted by molar-refractivity contribution is 6.31. The van der Waals surface area contributed by atoms with Gasteiger partial charge in [0.05, 0.1) is 16.9 Å². The van der Waals surface area contributed by atoms with Crippen molar-refractivity contribution in [2.75, 3.05) is 5.73 Å². The Morgan fingerprint density at radius 1 is 1.31 bits per heavy atom. The topological polar surface area (TPSA) is 146 Å². The first-order chi connectivity index (χ1) is 17.0. The van der Waals surface area contributed by atoms with E-state index in [1.165, 1.54) is 23.0 Å². The third-order valence-corrected chi connectivity index (χ3v) is 5.20. The predicted molar refractivity (Wildman–Crippen MR) is 125 cm³/mol. The quantitative estimate of drug-likeness (QED) is 0.264. The molecule has 0 fully saturated rings. The molecule has 0 aliphatic heterocycles. The number of carbonyl (C=O) groups excluding carboxylic acids is 1. The van der Waals surface area contributed by atoms with Crippen LogP contribution >= 0.6 is 11.6 Å². The second-order valence-electron chi connectivity index (χ2n) is 7.28. The largest absolute Gasteiger partial charge is 0.489 e. The van der Waals surface area contributed by atoms with E-state index < -0.39 is 11.7 Å².